The molecule has 1 aromatic carbocycles. The quantitative estimate of drug-likeness (QED) is 0.731. The van der Waals surface area contributed by atoms with Gasteiger partial charge in [0.2, 0.25) is 0 Å². The van der Waals surface area contributed by atoms with Gasteiger partial charge in [-0.1, -0.05) is 18.2 Å². The van der Waals surface area contributed by atoms with Gasteiger partial charge in [0.15, 0.2) is 11.6 Å². The number of aromatic amines is 1. The molecule has 4 rings (SSSR count). The smallest absolute Gasteiger partial charge is 0.184 e. The Labute approximate surface area is 115 Å². The van der Waals surface area contributed by atoms with E-state index in [1.807, 2.05) is 25.1 Å². The van der Waals surface area contributed by atoms with Crippen LogP contribution < -0.4 is 4.74 Å². The zero-order valence-corrected chi connectivity index (χ0v) is 11.0. The van der Waals surface area contributed by atoms with Crippen molar-refractivity contribution in [1.82, 2.24) is 24.7 Å². The Morgan fingerprint density at radius 3 is 3.00 bits per heavy atom. The third-order valence-corrected chi connectivity index (χ3v) is 3.53. The number of fused-ring (bicyclic) bond motifs is 2. The van der Waals surface area contributed by atoms with Gasteiger partial charge >= 0.3 is 0 Å². The molecule has 1 aliphatic rings. The molecule has 0 spiro atoms. The Hall–Kier alpha value is -2.63. The lowest BCUT2D eigenvalue weighted by molar-refractivity contribution is 0.297. The Morgan fingerprint density at radius 1 is 1.25 bits per heavy atom. The number of imidazole rings is 1. The molecule has 0 aliphatic carbocycles. The second kappa shape index (κ2) is 4.19. The van der Waals surface area contributed by atoms with E-state index in [0.717, 1.165) is 34.3 Å². The van der Waals surface area contributed by atoms with Crippen LogP contribution in [0.3, 0.4) is 0 Å². The highest BCUT2D eigenvalue weighted by Crippen LogP contribution is 2.27. The Morgan fingerprint density at radius 2 is 2.15 bits per heavy atom. The van der Waals surface area contributed by atoms with Crippen molar-refractivity contribution in [1.29, 1.82) is 0 Å². The van der Waals surface area contributed by atoms with Gasteiger partial charge in [0.05, 0.1) is 12.9 Å². The Kier molecular flexibility index (Phi) is 2.35. The molecular weight excluding hydrogens is 254 g/mol. The van der Waals surface area contributed by atoms with Crippen LogP contribution in [-0.4, -0.2) is 24.7 Å². The van der Waals surface area contributed by atoms with Crippen molar-refractivity contribution in [2.45, 2.75) is 20.1 Å². The Balaban J connectivity index is 1.85. The highest BCUT2D eigenvalue weighted by molar-refractivity contribution is 5.53. The van der Waals surface area contributed by atoms with Gasteiger partial charge in [-0.2, -0.15) is 0 Å². The average Bonchev–Trinajstić information content (AvgIpc) is 2.99. The lowest BCUT2D eigenvalue weighted by atomic mass is 10.2. The van der Waals surface area contributed by atoms with Crippen LogP contribution in [0.15, 0.2) is 30.6 Å². The van der Waals surface area contributed by atoms with Crippen molar-refractivity contribution in [3.05, 3.63) is 47.7 Å². The summed E-state index contributed by atoms with van der Waals surface area (Å²) < 4.78 is 7.85. The van der Waals surface area contributed by atoms with E-state index in [4.69, 9.17) is 4.74 Å². The average molecular weight is 267 g/mol. The summed E-state index contributed by atoms with van der Waals surface area (Å²) in [6, 6.07) is 8.03. The van der Waals surface area contributed by atoms with E-state index in [2.05, 4.69) is 30.8 Å². The topological polar surface area (TPSA) is 68.6 Å². The minimum atomic E-state index is 0.424. The number of nitrogens with one attached hydrogen (secondary N) is 1. The number of ether oxygens (including phenoxy) is 1. The number of aromatic nitrogens is 5. The number of benzene rings is 1. The summed E-state index contributed by atoms with van der Waals surface area (Å²) in [5, 5.41) is 8.50. The van der Waals surface area contributed by atoms with E-state index >= 15 is 0 Å². The monoisotopic (exact) mass is 267 g/mol. The molecule has 0 amide bonds. The van der Waals surface area contributed by atoms with Crippen LogP contribution in [0, 0.1) is 6.92 Å². The molecule has 2 aromatic heterocycles. The normalized spacial score (nSPS) is 13.2. The van der Waals surface area contributed by atoms with E-state index in [0.29, 0.717) is 13.2 Å². The van der Waals surface area contributed by atoms with Crippen LogP contribution in [0.5, 0.6) is 5.75 Å². The molecule has 6 nitrogen and oxygen atoms in total. The van der Waals surface area contributed by atoms with Crippen molar-refractivity contribution in [3.63, 3.8) is 0 Å². The fourth-order valence-electron chi connectivity index (χ4n) is 2.46. The summed E-state index contributed by atoms with van der Waals surface area (Å²) >= 11 is 0. The van der Waals surface area contributed by atoms with Crippen LogP contribution in [0.1, 0.15) is 17.1 Å². The second-order valence-electron chi connectivity index (χ2n) is 4.80. The maximum Gasteiger partial charge on any atom is 0.184 e. The molecule has 0 fully saturated rings. The van der Waals surface area contributed by atoms with Gasteiger partial charge in [-0.25, -0.2) is 4.98 Å². The molecular formula is C14H13N5O. The number of hydrogen-bond acceptors (Lipinski definition) is 4. The van der Waals surface area contributed by atoms with E-state index < -0.39 is 0 Å². The third kappa shape index (κ3) is 1.61. The first kappa shape index (κ1) is 11.2. The van der Waals surface area contributed by atoms with Gasteiger partial charge in [-0.05, 0) is 13.0 Å². The van der Waals surface area contributed by atoms with Crippen molar-refractivity contribution in [2.24, 2.45) is 0 Å². The predicted octanol–water partition coefficient (Wildman–Crippen LogP) is 1.92. The highest BCUT2D eigenvalue weighted by atomic mass is 16.5. The van der Waals surface area contributed by atoms with Crippen molar-refractivity contribution in [3.8, 4) is 17.3 Å². The van der Waals surface area contributed by atoms with Crippen LogP contribution in [-0.2, 0) is 13.2 Å². The van der Waals surface area contributed by atoms with Gasteiger partial charge in [-0.15, -0.1) is 10.2 Å². The molecule has 0 saturated carbocycles. The van der Waals surface area contributed by atoms with Gasteiger partial charge in [0.25, 0.3) is 0 Å². The van der Waals surface area contributed by atoms with E-state index in [9.17, 15) is 0 Å². The molecule has 1 N–H and O–H groups in total. The number of para-hydroxylation sites is 1. The minimum absolute atomic E-state index is 0.424. The lowest BCUT2D eigenvalue weighted by Crippen LogP contribution is -2.05. The molecule has 20 heavy (non-hydrogen) atoms. The number of hydrogen-bond donors (Lipinski definition) is 1. The number of rotatable bonds is 1. The summed E-state index contributed by atoms with van der Waals surface area (Å²) in [5.74, 6) is 2.50. The number of nitrogens with zero attached hydrogens (tertiary/aromatic N) is 4. The molecule has 3 aromatic rings. The molecule has 0 bridgehead atoms. The minimum Gasteiger partial charge on any atom is -0.485 e. The Bertz CT molecular complexity index is 773. The first-order chi connectivity index (χ1) is 9.83. The van der Waals surface area contributed by atoms with Crippen LogP contribution >= 0.6 is 0 Å². The molecule has 3 heterocycles. The number of H-pyrrole nitrogens is 1. The molecule has 0 unspecified atom stereocenters. The summed E-state index contributed by atoms with van der Waals surface area (Å²) in [6.45, 7) is 3.10. The maximum absolute atomic E-state index is 5.78. The summed E-state index contributed by atoms with van der Waals surface area (Å²) in [7, 11) is 0. The zero-order chi connectivity index (χ0) is 13.5. The van der Waals surface area contributed by atoms with E-state index in [-0.39, 0.29) is 0 Å². The zero-order valence-electron chi connectivity index (χ0n) is 11.0. The van der Waals surface area contributed by atoms with Crippen LogP contribution in [0.2, 0.25) is 0 Å². The largest absolute Gasteiger partial charge is 0.485 e. The standard InChI is InChI=1S/C14H13N5O/c1-9-13(16-8-15-9)14-18-17-12-7-20-11-5-3-2-4-10(11)6-19(12)14/h2-5,8H,6-7H2,1H3,(H,15,16). The van der Waals surface area contributed by atoms with Gasteiger partial charge in [-0.3, -0.25) is 0 Å². The fraction of sp³-hybridized carbons (Fsp3) is 0.214. The predicted molar refractivity (Wildman–Crippen MR) is 72.2 cm³/mol. The SMILES string of the molecule is Cc1[nH]cnc1-c1nnc2n1Cc1ccccc1OC2. The second-order valence-corrected chi connectivity index (χ2v) is 4.80. The first-order valence-corrected chi connectivity index (χ1v) is 6.46. The summed E-state index contributed by atoms with van der Waals surface area (Å²) in [4.78, 5) is 7.41. The molecule has 0 saturated heterocycles. The maximum atomic E-state index is 5.78. The lowest BCUT2D eigenvalue weighted by Gasteiger charge is -2.07. The molecule has 100 valence electrons. The molecule has 0 atom stereocenters. The first-order valence-electron chi connectivity index (χ1n) is 6.46. The van der Waals surface area contributed by atoms with E-state index in [1.54, 1.807) is 6.33 Å². The molecule has 6 heteroatoms. The summed E-state index contributed by atoms with van der Waals surface area (Å²) in [6.07, 6.45) is 1.67. The highest BCUT2D eigenvalue weighted by Gasteiger charge is 2.21. The van der Waals surface area contributed by atoms with Crippen LogP contribution in [0.4, 0.5) is 0 Å². The molecule has 0 radical (unpaired) electrons. The third-order valence-electron chi connectivity index (χ3n) is 3.53. The van der Waals surface area contributed by atoms with Gasteiger partial charge in [0, 0.05) is 11.3 Å². The summed E-state index contributed by atoms with van der Waals surface area (Å²) in [5.41, 5.74) is 2.95. The fourth-order valence-corrected chi connectivity index (χ4v) is 2.46. The van der Waals surface area contributed by atoms with E-state index in [1.165, 1.54) is 0 Å². The van der Waals surface area contributed by atoms with Crippen molar-refractivity contribution < 1.29 is 4.74 Å². The van der Waals surface area contributed by atoms with Gasteiger partial charge < -0.3 is 14.3 Å². The molecule has 1 aliphatic heterocycles. The van der Waals surface area contributed by atoms with Crippen molar-refractivity contribution >= 4 is 0 Å². The van der Waals surface area contributed by atoms with Crippen LogP contribution in [0.25, 0.3) is 11.5 Å². The van der Waals surface area contributed by atoms with Gasteiger partial charge in [0.1, 0.15) is 18.1 Å². The number of aryl methyl sites for hydroxylation is 1. The van der Waals surface area contributed by atoms with Crippen molar-refractivity contribution in [2.75, 3.05) is 0 Å².